The predicted octanol–water partition coefficient (Wildman–Crippen LogP) is 3.43. The second kappa shape index (κ2) is 6.97. The Bertz CT molecular complexity index is 744. The maximum absolute atomic E-state index is 14.4. The summed E-state index contributed by atoms with van der Waals surface area (Å²) in [5.41, 5.74) is 1.82. The molecule has 4 nitrogen and oxygen atoms in total. The molecule has 24 heavy (non-hydrogen) atoms. The monoisotopic (exact) mass is 332 g/mol. The van der Waals surface area contributed by atoms with Crippen LogP contribution < -0.4 is 0 Å². The average Bonchev–Trinajstić information content (AvgIpc) is 2.57. The molecule has 3 rings (SSSR count). The van der Waals surface area contributed by atoms with E-state index in [1.807, 2.05) is 4.90 Å². The molecule has 1 saturated heterocycles. The fourth-order valence-corrected chi connectivity index (χ4v) is 2.86. The molecule has 2 aromatic carbocycles. The maximum Gasteiger partial charge on any atom is 0.407 e. The van der Waals surface area contributed by atoms with Gasteiger partial charge in [0.15, 0.2) is 0 Å². The van der Waals surface area contributed by atoms with Crippen LogP contribution in [0.25, 0.3) is 11.1 Å². The van der Waals surface area contributed by atoms with E-state index < -0.39 is 6.09 Å². The van der Waals surface area contributed by atoms with E-state index in [4.69, 9.17) is 5.11 Å². The largest absolute Gasteiger partial charge is 0.465 e. The summed E-state index contributed by atoms with van der Waals surface area (Å²) in [6.07, 6.45) is -0.916. The van der Waals surface area contributed by atoms with Crippen LogP contribution in [0.5, 0.6) is 0 Å². The van der Waals surface area contributed by atoms with E-state index in [0.717, 1.165) is 0 Å². The second-order valence-corrected chi connectivity index (χ2v) is 5.86. The van der Waals surface area contributed by atoms with Gasteiger partial charge in [0.2, 0.25) is 0 Å². The molecule has 2 aromatic rings. The van der Waals surface area contributed by atoms with Gasteiger partial charge in [0.05, 0.1) is 0 Å². The summed E-state index contributed by atoms with van der Waals surface area (Å²) in [5.74, 6) is -0.689. The van der Waals surface area contributed by atoms with E-state index >= 15 is 0 Å². The van der Waals surface area contributed by atoms with Crippen LogP contribution in [0.2, 0.25) is 0 Å². The minimum atomic E-state index is -0.916. The summed E-state index contributed by atoms with van der Waals surface area (Å²) in [4.78, 5) is 14.3. The Labute approximate surface area is 138 Å². The van der Waals surface area contributed by atoms with Gasteiger partial charge in [-0.1, -0.05) is 24.3 Å². The van der Waals surface area contributed by atoms with Gasteiger partial charge >= 0.3 is 6.09 Å². The molecule has 0 radical (unpaired) electrons. The van der Waals surface area contributed by atoms with E-state index in [0.29, 0.717) is 49.4 Å². The van der Waals surface area contributed by atoms with E-state index in [1.165, 1.54) is 23.1 Å². The lowest BCUT2D eigenvalue weighted by Crippen LogP contribution is -2.47. The van der Waals surface area contributed by atoms with Gasteiger partial charge in [-0.2, -0.15) is 0 Å². The molecule has 0 aliphatic carbocycles. The van der Waals surface area contributed by atoms with Crippen molar-refractivity contribution in [2.24, 2.45) is 0 Å². The topological polar surface area (TPSA) is 43.8 Å². The molecule has 0 aromatic heterocycles. The van der Waals surface area contributed by atoms with Crippen molar-refractivity contribution < 1.29 is 18.7 Å². The first-order valence-electron chi connectivity index (χ1n) is 7.77. The van der Waals surface area contributed by atoms with Crippen molar-refractivity contribution >= 4 is 6.09 Å². The van der Waals surface area contributed by atoms with Crippen molar-refractivity contribution in [3.05, 3.63) is 59.7 Å². The molecular formula is C18H18F2N2O2. The summed E-state index contributed by atoms with van der Waals surface area (Å²) < 4.78 is 27.7. The van der Waals surface area contributed by atoms with Crippen LogP contribution in [0.4, 0.5) is 13.6 Å². The van der Waals surface area contributed by atoms with Crippen LogP contribution in [0.3, 0.4) is 0 Å². The summed E-state index contributed by atoms with van der Waals surface area (Å²) in [7, 11) is 0. The molecule has 0 unspecified atom stereocenters. The third-order valence-electron chi connectivity index (χ3n) is 4.25. The SMILES string of the molecule is O=C(O)N1CCN(Cc2ccc(-c3cccc(F)c3)cc2F)CC1. The average molecular weight is 332 g/mol. The van der Waals surface area contributed by atoms with Crippen molar-refractivity contribution in [3.8, 4) is 11.1 Å². The summed E-state index contributed by atoms with van der Waals surface area (Å²) >= 11 is 0. The molecule has 1 aliphatic rings. The fourth-order valence-electron chi connectivity index (χ4n) is 2.86. The molecule has 6 heteroatoms. The highest BCUT2D eigenvalue weighted by Crippen LogP contribution is 2.23. The van der Waals surface area contributed by atoms with Crippen LogP contribution in [0.1, 0.15) is 5.56 Å². The summed E-state index contributed by atoms with van der Waals surface area (Å²) in [5, 5.41) is 8.94. The van der Waals surface area contributed by atoms with Gasteiger partial charge in [-0.3, -0.25) is 4.90 Å². The first-order valence-corrected chi connectivity index (χ1v) is 7.77. The third kappa shape index (κ3) is 3.71. The Morgan fingerprint density at radius 3 is 2.33 bits per heavy atom. The minimum Gasteiger partial charge on any atom is -0.465 e. The quantitative estimate of drug-likeness (QED) is 0.936. The molecule has 0 spiro atoms. The highest BCUT2D eigenvalue weighted by molar-refractivity contribution is 5.65. The lowest BCUT2D eigenvalue weighted by atomic mass is 10.0. The normalized spacial score (nSPS) is 15.5. The number of carbonyl (C=O) groups is 1. The fraction of sp³-hybridized carbons (Fsp3) is 0.278. The van der Waals surface area contributed by atoms with E-state index in [2.05, 4.69) is 0 Å². The number of carboxylic acid groups (broad SMARTS) is 1. The highest BCUT2D eigenvalue weighted by Gasteiger charge is 2.21. The van der Waals surface area contributed by atoms with Crippen molar-refractivity contribution in [3.63, 3.8) is 0 Å². The highest BCUT2D eigenvalue weighted by atomic mass is 19.1. The number of rotatable bonds is 3. The van der Waals surface area contributed by atoms with Crippen LogP contribution in [-0.4, -0.2) is 47.2 Å². The molecule has 1 N–H and O–H groups in total. The minimum absolute atomic E-state index is 0.336. The summed E-state index contributed by atoms with van der Waals surface area (Å²) in [6.45, 7) is 2.45. The van der Waals surface area contributed by atoms with E-state index in [-0.39, 0.29) is 11.6 Å². The lowest BCUT2D eigenvalue weighted by molar-refractivity contribution is 0.102. The Morgan fingerprint density at radius 2 is 1.71 bits per heavy atom. The van der Waals surface area contributed by atoms with E-state index in [9.17, 15) is 13.6 Å². The molecular weight excluding hydrogens is 314 g/mol. The van der Waals surface area contributed by atoms with Gasteiger partial charge < -0.3 is 10.0 Å². The second-order valence-electron chi connectivity index (χ2n) is 5.86. The standard InChI is InChI=1S/C18H18F2N2O2/c19-16-3-1-2-13(10-16)14-4-5-15(17(20)11-14)12-21-6-8-22(9-7-21)18(23)24/h1-5,10-11H,6-9,12H2,(H,23,24). The summed E-state index contributed by atoms with van der Waals surface area (Å²) in [6, 6.07) is 11.0. The number of hydrogen-bond donors (Lipinski definition) is 1. The van der Waals surface area contributed by atoms with Crippen LogP contribution in [0.15, 0.2) is 42.5 Å². The van der Waals surface area contributed by atoms with Gasteiger partial charge in [0.25, 0.3) is 0 Å². The molecule has 0 bridgehead atoms. The van der Waals surface area contributed by atoms with Crippen molar-refractivity contribution in [2.45, 2.75) is 6.54 Å². The molecule has 1 heterocycles. The number of hydrogen-bond acceptors (Lipinski definition) is 2. The zero-order chi connectivity index (χ0) is 17.1. The van der Waals surface area contributed by atoms with Crippen LogP contribution in [0, 0.1) is 11.6 Å². The van der Waals surface area contributed by atoms with Gasteiger partial charge in [-0.15, -0.1) is 0 Å². The molecule has 0 saturated carbocycles. The van der Waals surface area contributed by atoms with Gasteiger partial charge in [-0.05, 0) is 29.3 Å². The Hall–Kier alpha value is -2.47. The van der Waals surface area contributed by atoms with Crippen molar-refractivity contribution in [2.75, 3.05) is 26.2 Å². The number of piperazine rings is 1. The molecule has 1 amide bonds. The number of amides is 1. The Balaban J connectivity index is 1.69. The molecule has 126 valence electrons. The Kier molecular flexibility index (Phi) is 4.76. The van der Waals surface area contributed by atoms with Gasteiger partial charge in [0, 0.05) is 38.3 Å². The predicted molar refractivity (Wildman–Crippen MR) is 86.7 cm³/mol. The van der Waals surface area contributed by atoms with Gasteiger partial charge in [-0.25, -0.2) is 13.6 Å². The first-order chi connectivity index (χ1) is 11.5. The molecule has 1 fully saturated rings. The first kappa shape index (κ1) is 16.4. The Morgan fingerprint density at radius 1 is 1.00 bits per heavy atom. The van der Waals surface area contributed by atoms with E-state index in [1.54, 1.807) is 24.3 Å². The van der Waals surface area contributed by atoms with Crippen LogP contribution in [-0.2, 0) is 6.54 Å². The zero-order valence-corrected chi connectivity index (χ0v) is 13.1. The third-order valence-corrected chi connectivity index (χ3v) is 4.25. The lowest BCUT2D eigenvalue weighted by Gasteiger charge is -2.33. The maximum atomic E-state index is 14.4. The van der Waals surface area contributed by atoms with Crippen LogP contribution >= 0.6 is 0 Å². The number of halogens is 2. The molecule has 1 aliphatic heterocycles. The van der Waals surface area contributed by atoms with Crippen molar-refractivity contribution in [1.82, 2.24) is 9.80 Å². The number of nitrogens with zero attached hydrogens (tertiary/aromatic N) is 2. The number of benzene rings is 2. The zero-order valence-electron chi connectivity index (χ0n) is 13.1. The molecule has 0 atom stereocenters. The van der Waals surface area contributed by atoms with Crippen molar-refractivity contribution in [1.29, 1.82) is 0 Å². The van der Waals surface area contributed by atoms with Gasteiger partial charge in [0.1, 0.15) is 11.6 Å². The smallest absolute Gasteiger partial charge is 0.407 e.